The van der Waals surface area contributed by atoms with Crippen molar-refractivity contribution in [2.75, 3.05) is 10.6 Å². The standard InChI is InChI=1S/C24H17FN2O3/c25-18-11-5-6-12-19(18)26-24(29)23-22(17-10-4-7-13-20(17)30-23)27-21(28)15-14-16-8-2-1-3-9-16/h1-15H,(H,26,29)(H,27,28). The largest absolute Gasteiger partial charge is 0.449 e. The van der Waals surface area contributed by atoms with Crippen LogP contribution >= 0.6 is 0 Å². The number of rotatable bonds is 5. The highest BCUT2D eigenvalue weighted by Gasteiger charge is 2.22. The van der Waals surface area contributed by atoms with Crippen molar-refractivity contribution < 1.29 is 18.4 Å². The summed E-state index contributed by atoms with van der Waals surface area (Å²) in [5.41, 5.74) is 1.53. The average molecular weight is 400 g/mol. The molecule has 148 valence electrons. The second-order valence-corrected chi connectivity index (χ2v) is 6.47. The van der Waals surface area contributed by atoms with Gasteiger partial charge in [-0.25, -0.2) is 4.39 Å². The first-order valence-corrected chi connectivity index (χ1v) is 9.23. The van der Waals surface area contributed by atoms with Gasteiger partial charge in [-0.3, -0.25) is 9.59 Å². The zero-order valence-corrected chi connectivity index (χ0v) is 15.8. The Balaban J connectivity index is 1.63. The lowest BCUT2D eigenvalue weighted by molar-refractivity contribution is -0.111. The van der Waals surface area contributed by atoms with Crippen molar-refractivity contribution in [2.45, 2.75) is 0 Å². The summed E-state index contributed by atoms with van der Waals surface area (Å²) in [6.07, 6.45) is 3.03. The Morgan fingerprint density at radius 2 is 1.53 bits per heavy atom. The maximum atomic E-state index is 13.9. The topological polar surface area (TPSA) is 71.3 Å². The monoisotopic (exact) mass is 400 g/mol. The lowest BCUT2D eigenvalue weighted by Gasteiger charge is -2.07. The third-order valence-corrected chi connectivity index (χ3v) is 4.40. The molecule has 0 atom stereocenters. The third-order valence-electron chi connectivity index (χ3n) is 4.40. The number of halogens is 1. The number of carbonyl (C=O) groups is 2. The lowest BCUT2D eigenvalue weighted by atomic mass is 10.2. The molecule has 0 saturated carbocycles. The molecule has 1 aromatic heterocycles. The summed E-state index contributed by atoms with van der Waals surface area (Å²) in [6, 6.07) is 22.1. The number of amides is 2. The molecule has 30 heavy (non-hydrogen) atoms. The first-order valence-electron chi connectivity index (χ1n) is 9.23. The molecule has 0 saturated heterocycles. The van der Waals surface area contributed by atoms with Gasteiger partial charge in [0.1, 0.15) is 17.1 Å². The summed E-state index contributed by atoms with van der Waals surface area (Å²) in [4.78, 5) is 25.3. The van der Waals surface area contributed by atoms with Gasteiger partial charge in [0.15, 0.2) is 0 Å². The van der Waals surface area contributed by atoms with Crippen molar-refractivity contribution in [1.29, 1.82) is 0 Å². The van der Waals surface area contributed by atoms with E-state index in [1.54, 1.807) is 36.4 Å². The predicted molar refractivity (Wildman–Crippen MR) is 115 cm³/mol. The fraction of sp³-hybridized carbons (Fsp3) is 0. The zero-order chi connectivity index (χ0) is 20.9. The van der Waals surface area contributed by atoms with Crippen LogP contribution in [0.3, 0.4) is 0 Å². The smallest absolute Gasteiger partial charge is 0.293 e. The summed E-state index contributed by atoms with van der Waals surface area (Å²) in [7, 11) is 0. The highest BCUT2D eigenvalue weighted by Crippen LogP contribution is 2.31. The van der Waals surface area contributed by atoms with E-state index in [1.165, 1.54) is 24.3 Å². The molecule has 6 heteroatoms. The van der Waals surface area contributed by atoms with E-state index in [9.17, 15) is 14.0 Å². The number of fused-ring (bicyclic) bond motifs is 1. The molecule has 0 aliphatic carbocycles. The number of hydrogen-bond donors (Lipinski definition) is 2. The molecular weight excluding hydrogens is 383 g/mol. The van der Waals surface area contributed by atoms with Crippen LogP contribution in [0.15, 0.2) is 89.4 Å². The maximum Gasteiger partial charge on any atom is 0.293 e. The fourth-order valence-electron chi connectivity index (χ4n) is 2.97. The Morgan fingerprint density at radius 1 is 0.833 bits per heavy atom. The molecule has 0 fully saturated rings. The van der Waals surface area contributed by atoms with E-state index in [0.717, 1.165) is 5.56 Å². The molecule has 0 radical (unpaired) electrons. The normalized spacial score (nSPS) is 11.0. The van der Waals surface area contributed by atoms with Crippen molar-refractivity contribution >= 4 is 40.2 Å². The van der Waals surface area contributed by atoms with E-state index >= 15 is 0 Å². The van der Waals surface area contributed by atoms with Gasteiger partial charge in [-0.2, -0.15) is 0 Å². The molecule has 0 unspecified atom stereocenters. The second-order valence-electron chi connectivity index (χ2n) is 6.47. The van der Waals surface area contributed by atoms with Crippen molar-refractivity contribution in [1.82, 2.24) is 0 Å². The summed E-state index contributed by atoms with van der Waals surface area (Å²) in [5, 5.41) is 5.76. The molecule has 1 heterocycles. The Hall–Kier alpha value is -4.19. The van der Waals surface area contributed by atoms with E-state index in [2.05, 4.69) is 10.6 Å². The third kappa shape index (κ3) is 4.12. The van der Waals surface area contributed by atoms with Crippen LogP contribution < -0.4 is 10.6 Å². The average Bonchev–Trinajstić information content (AvgIpc) is 3.13. The Labute approximate surface area is 171 Å². The van der Waals surface area contributed by atoms with E-state index in [1.807, 2.05) is 30.3 Å². The SMILES string of the molecule is O=C(C=Cc1ccccc1)Nc1c(C(=O)Nc2ccccc2F)oc2ccccc12. The molecule has 2 amide bonds. The number of para-hydroxylation sites is 2. The second kappa shape index (κ2) is 8.45. The van der Waals surface area contributed by atoms with E-state index in [-0.39, 0.29) is 17.1 Å². The van der Waals surface area contributed by atoms with Crippen LogP contribution in [-0.4, -0.2) is 11.8 Å². The van der Waals surface area contributed by atoms with Crippen LogP contribution in [0.2, 0.25) is 0 Å². The minimum absolute atomic E-state index is 0.0178. The number of nitrogens with one attached hydrogen (secondary N) is 2. The summed E-state index contributed by atoms with van der Waals surface area (Å²) >= 11 is 0. The highest BCUT2D eigenvalue weighted by molar-refractivity contribution is 6.16. The number of carbonyl (C=O) groups excluding carboxylic acids is 2. The van der Waals surface area contributed by atoms with Gasteiger partial charge in [0.05, 0.1) is 5.69 Å². The molecule has 4 rings (SSSR count). The minimum atomic E-state index is -0.668. The Kier molecular flexibility index (Phi) is 5.39. The first-order chi connectivity index (χ1) is 14.6. The summed E-state index contributed by atoms with van der Waals surface area (Å²) < 4.78 is 19.6. The lowest BCUT2D eigenvalue weighted by Crippen LogP contribution is -2.16. The quantitative estimate of drug-likeness (QED) is 0.436. The zero-order valence-electron chi connectivity index (χ0n) is 15.8. The van der Waals surface area contributed by atoms with Crippen LogP contribution in [0.4, 0.5) is 15.8 Å². The Bertz CT molecular complexity index is 1250. The van der Waals surface area contributed by atoms with Crippen molar-refractivity contribution in [3.63, 3.8) is 0 Å². The number of benzene rings is 3. The van der Waals surface area contributed by atoms with E-state index < -0.39 is 17.6 Å². The van der Waals surface area contributed by atoms with Gasteiger partial charge in [-0.15, -0.1) is 0 Å². The summed E-state index contributed by atoms with van der Waals surface area (Å²) in [5.74, 6) is -1.77. The van der Waals surface area contributed by atoms with E-state index in [4.69, 9.17) is 4.42 Å². The van der Waals surface area contributed by atoms with Crippen LogP contribution in [-0.2, 0) is 4.79 Å². The van der Waals surface area contributed by atoms with Gasteiger partial charge in [-0.05, 0) is 35.9 Å². The molecule has 2 N–H and O–H groups in total. The molecule has 0 aliphatic heterocycles. The molecule has 0 bridgehead atoms. The van der Waals surface area contributed by atoms with Gasteiger partial charge in [-0.1, -0.05) is 54.6 Å². The van der Waals surface area contributed by atoms with Gasteiger partial charge in [0.25, 0.3) is 5.91 Å². The van der Waals surface area contributed by atoms with Crippen molar-refractivity contribution in [3.05, 3.63) is 102 Å². The molecule has 0 spiro atoms. The van der Waals surface area contributed by atoms with Gasteiger partial charge in [0, 0.05) is 11.5 Å². The summed E-state index contributed by atoms with van der Waals surface area (Å²) in [6.45, 7) is 0. The molecule has 0 aliphatic rings. The number of anilines is 2. The molecular formula is C24H17FN2O3. The van der Waals surface area contributed by atoms with Crippen molar-refractivity contribution in [2.24, 2.45) is 0 Å². The predicted octanol–water partition coefficient (Wildman–Crippen LogP) is 5.48. The highest BCUT2D eigenvalue weighted by atomic mass is 19.1. The van der Waals surface area contributed by atoms with Crippen LogP contribution in [0.5, 0.6) is 0 Å². The van der Waals surface area contributed by atoms with Crippen LogP contribution in [0, 0.1) is 5.82 Å². The van der Waals surface area contributed by atoms with Gasteiger partial charge >= 0.3 is 0 Å². The van der Waals surface area contributed by atoms with E-state index in [0.29, 0.717) is 11.0 Å². The van der Waals surface area contributed by atoms with Crippen LogP contribution in [0.25, 0.3) is 17.0 Å². The van der Waals surface area contributed by atoms with Crippen molar-refractivity contribution in [3.8, 4) is 0 Å². The van der Waals surface area contributed by atoms with Gasteiger partial charge in [0.2, 0.25) is 11.7 Å². The van der Waals surface area contributed by atoms with Gasteiger partial charge < -0.3 is 15.1 Å². The fourth-order valence-corrected chi connectivity index (χ4v) is 2.97. The molecule has 5 nitrogen and oxygen atoms in total. The first kappa shape index (κ1) is 19.1. The number of furan rings is 1. The molecule has 3 aromatic carbocycles. The maximum absolute atomic E-state index is 13.9. The minimum Gasteiger partial charge on any atom is -0.449 e. The Morgan fingerprint density at radius 3 is 2.33 bits per heavy atom. The number of hydrogen-bond acceptors (Lipinski definition) is 3. The van der Waals surface area contributed by atoms with Crippen LogP contribution in [0.1, 0.15) is 16.1 Å². The molecule has 4 aromatic rings.